The highest BCUT2D eigenvalue weighted by molar-refractivity contribution is 5.74. The van der Waals surface area contributed by atoms with E-state index < -0.39 is 12.1 Å². The third-order valence-electron chi connectivity index (χ3n) is 2.30. The van der Waals surface area contributed by atoms with Gasteiger partial charge in [-0.2, -0.15) is 0 Å². The van der Waals surface area contributed by atoms with Gasteiger partial charge in [0.15, 0.2) is 6.10 Å². The summed E-state index contributed by atoms with van der Waals surface area (Å²) in [6, 6.07) is -0.359. The summed E-state index contributed by atoms with van der Waals surface area (Å²) in [6.45, 7) is 5.27. The predicted molar refractivity (Wildman–Crippen MR) is 70.0 cm³/mol. The molecular formula is C12H24N2O5. The molecule has 0 aromatic carbocycles. The van der Waals surface area contributed by atoms with Crippen molar-refractivity contribution in [1.82, 2.24) is 10.6 Å². The van der Waals surface area contributed by atoms with Gasteiger partial charge in [0.05, 0.1) is 6.10 Å². The molecule has 0 aromatic rings. The van der Waals surface area contributed by atoms with Gasteiger partial charge in [-0.25, -0.2) is 9.59 Å². The first kappa shape index (κ1) is 17.7. The molecule has 0 aliphatic rings. The first-order valence-electron chi connectivity index (χ1n) is 6.47. The monoisotopic (exact) mass is 276 g/mol. The summed E-state index contributed by atoms with van der Waals surface area (Å²) in [5.74, 6) is -1.28. The van der Waals surface area contributed by atoms with Crippen LogP contribution in [0.4, 0.5) is 4.79 Å². The SMILES string of the molecule is CC(C)OCCCCNC(=O)NCCC(O)C(=O)O. The van der Waals surface area contributed by atoms with Gasteiger partial charge in [0.25, 0.3) is 0 Å². The summed E-state index contributed by atoms with van der Waals surface area (Å²) in [7, 11) is 0. The first-order valence-corrected chi connectivity index (χ1v) is 6.47. The van der Waals surface area contributed by atoms with Crippen molar-refractivity contribution < 1.29 is 24.5 Å². The highest BCUT2D eigenvalue weighted by atomic mass is 16.5. The van der Waals surface area contributed by atoms with E-state index in [0.717, 1.165) is 12.8 Å². The second-order valence-corrected chi connectivity index (χ2v) is 4.45. The van der Waals surface area contributed by atoms with E-state index in [9.17, 15) is 9.59 Å². The molecule has 1 unspecified atom stereocenters. The number of hydrogen-bond donors (Lipinski definition) is 4. The molecule has 0 saturated carbocycles. The summed E-state index contributed by atoms with van der Waals surface area (Å²) in [4.78, 5) is 21.6. The molecule has 7 heteroatoms. The van der Waals surface area contributed by atoms with Crippen LogP contribution in [0.1, 0.15) is 33.1 Å². The molecule has 0 saturated heterocycles. The molecule has 0 spiro atoms. The highest BCUT2D eigenvalue weighted by Gasteiger charge is 2.12. The molecule has 0 heterocycles. The Morgan fingerprint density at radius 3 is 2.37 bits per heavy atom. The van der Waals surface area contributed by atoms with E-state index in [1.807, 2.05) is 13.8 Å². The molecule has 19 heavy (non-hydrogen) atoms. The van der Waals surface area contributed by atoms with Crippen molar-refractivity contribution in [2.75, 3.05) is 19.7 Å². The lowest BCUT2D eigenvalue weighted by Gasteiger charge is -2.09. The van der Waals surface area contributed by atoms with Gasteiger partial charge in [0.2, 0.25) is 0 Å². The molecular weight excluding hydrogens is 252 g/mol. The average molecular weight is 276 g/mol. The average Bonchev–Trinajstić information content (AvgIpc) is 2.32. The van der Waals surface area contributed by atoms with E-state index in [0.29, 0.717) is 13.2 Å². The van der Waals surface area contributed by atoms with Gasteiger partial charge in [-0.15, -0.1) is 0 Å². The Balaban J connectivity index is 3.38. The quantitative estimate of drug-likeness (QED) is 0.430. The van der Waals surface area contributed by atoms with Crippen LogP contribution in [0.3, 0.4) is 0 Å². The number of ether oxygens (including phenoxy) is 1. The molecule has 0 fully saturated rings. The molecule has 7 nitrogen and oxygen atoms in total. The largest absolute Gasteiger partial charge is 0.479 e. The van der Waals surface area contributed by atoms with Crippen LogP contribution >= 0.6 is 0 Å². The summed E-state index contributed by atoms with van der Waals surface area (Å²) < 4.78 is 5.35. The molecule has 0 radical (unpaired) electrons. The fraction of sp³-hybridized carbons (Fsp3) is 0.833. The summed E-state index contributed by atoms with van der Waals surface area (Å²) in [5.41, 5.74) is 0. The van der Waals surface area contributed by atoms with E-state index in [4.69, 9.17) is 14.9 Å². The molecule has 0 aromatic heterocycles. The number of nitrogens with one attached hydrogen (secondary N) is 2. The summed E-state index contributed by atoms with van der Waals surface area (Å²) >= 11 is 0. The number of urea groups is 1. The van der Waals surface area contributed by atoms with Crippen LogP contribution in [0.25, 0.3) is 0 Å². The minimum atomic E-state index is -1.44. The van der Waals surface area contributed by atoms with Crippen LogP contribution in [0, 0.1) is 0 Å². The maximum atomic E-state index is 11.3. The van der Waals surface area contributed by atoms with Crippen molar-refractivity contribution in [3.63, 3.8) is 0 Å². The number of aliphatic carboxylic acids is 1. The lowest BCUT2D eigenvalue weighted by Crippen LogP contribution is -2.38. The summed E-state index contributed by atoms with van der Waals surface area (Å²) in [6.07, 6.45) is 0.462. The van der Waals surface area contributed by atoms with Gasteiger partial charge in [0.1, 0.15) is 0 Å². The van der Waals surface area contributed by atoms with Crippen molar-refractivity contribution in [2.24, 2.45) is 0 Å². The third kappa shape index (κ3) is 11.5. The van der Waals surface area contributed by atoms with Crippen LogP contribution in [-0.4, -0.2) is 54.1 Å². The van der Waals surface area contributed by atoms with Gasteiger partial charge < -0.3 is 25.6 Å². The molecule has 0 aliphatic carbocycles. The Morgan fingerprint density at radius 1 is 1.16 bits per heavy atom. The number of unbranched alkanes of at least 4 members (excludes halogenated alkanes) is 1. The van der Waals surface area contributed by atoms with Gasteiger partial charge in [0, 0.05) is 26.1 Å². The Labute approximate surface area is 113 Å². The fourth-order valence-electron chi connectivity index (χ4n) is 1.26. The van der Waals surface area contributed by atoms with E-state index >= 15 is 0 Å². The van der Waals surface area contributed by atoms with Gasteiger partial charge in [-0.3, -0.25) is 0 Å². The third-order valence-corrected chi connectivity index (χ3v) is 2.30. The first-order chi connectivity index (χ1) is 8.93. The lowest BCUT2D eigenvalue weighted by atomic mass is 10.2. The fourth-order valence-corrected chi connectivity index (χ4v) is 1.26. The van der Waals surface area contributed by atoms with Crippen LogP contribution < -0.4 is 10.6 Å². The maximum Gasteiger partial charge on any atom is 0.332 e. The zero-order valence-corrected chi connectivity index (χ0v) is 11.5. The van der Waals surface area contributed by atoms with Gasteiger partial charge in [-0.1, -0.05) is 0 Å². The Bertz CT molecular complexity index is 271. The number of rotatable bonds is 10. The number of carbonyl (C=O) groups excluding carboxylic acids is 1. The molecule has 0 aliphatic heterocycles. The zero-order chi connectivity index (χ0) is 14.7. The van der Waals surface area contributed by atoms with Crippen LogP contribution in [0.2, 0.25) is 0 Å². The molecule has 2 amide bonds. The topological polar surface area (TPSA) is 108 Å². The Kier molecular flexibility index (Phi) is 9.82. The lowest BCUT2D eigenvalue weighted by molar-refractivity contribution is -0.146. The van der Waals surface area contributed by atoms with E-state index in [2.05, 4.69) is 10.6 Å². The standard InChI is InChI=1S/C12H24N2O5/c1-9(2)19-8-4-3-6-13-12(18)14-7-5-10(15)11(16)17/h9-10,15H,3-8H2,1-2H3,(H,16,17)(H2,13,14,18). The maximum absolute atomic E-state index is 11.3. The minimum absolute atomic E-state index is 0.00895. The smallest absolute Gasteiger partial charge is 0.332 e. The highest BCUT2D eigenvalue weighted by Crippen LogP contribution is 1.93. The molecule has 112 valence electrons. The molecule has 0 rings (SSSR count). The van der Waals surface area contributed by atoms with Crippen LogP contribution in [-0.2, 0) is 9.53 Å². The number of carboxylic acids is 1. The normalized spacial score (nSPS) is 12.2. The van der Waals surface area contributed by atoms with Gasteiger partial charge in [-0.05, 0) is 26.7 Å². The summed E-state index contributed by atoms with van der Waals surface area (Å²) in [5, 5.41) is 22.5. The molecule has 0 bridgehead atoms. The van der Waals surface area contributed by atoms with Gasteiger partial charge >= 0.3 is 12.0 Å². The van der Waals surface area contributed by atoms with Crippen molar-refractivity contribution in [3.8, 4) is 0 Å². The van der Waals surface area contributed by atoms with Crippen LogP contribution in [0.5, 0.6) is 0 Å². The van der Waals surface area contributed by atoms with E-state index in [1.54, 1.807) is 0 Å². The number of carbonyl (C=O) groups is 2. The number of aliphatic hydroxyl groups is 1. The number of amides is 2. The minimum Gasteiger partial charge on any atom is -0.479 e. The Morgan fingerprint density at radius 2 is 1.79 bits per heavy atom. The van der Waals surface area contributed by atoms with Crippen molar-refractivity contribution in [3.05, 3.63) is 0 Å². The Hall–Kier alpha value is -1.34. The van der Waals surface area contributed by atoms with Crippen molar-refractivity contribution >= 4 is 12.0 Å². The molecule has 1 atom stereocenters. The second-order valence-electron chi connectivity index (χ2n) is 4.45. The predicted octanol–water partition coefficient (Wildman–Crippen LogP) is 0.326. The molecule has 4 N–H and O–H groups in total. The van der Waals surface area contributed by atoms with Crippen LogP contribution in [0.15, 0.2) is 0 Å². The second kappa shape index (κ2) is 10.6. The number of aliphatic hydroxyl groups excluding tert-OH is 1. The number of carboxylic acid groups (broad SMARTS) is 1. The van der Waals surface area contributed by atoms with Crippen molar-refractivity contribution in [1.29, 1.82) is 0 Å². The van der Waals surface area contributed by atoms with E-state index in [-0.39, 0.29) is 25.1 Å². The zero-order valence-electron chi connectivity index (χ0n) is 11.5. The van der Waals surface area contributed by atoms with E-state index in [1.165, 1.54) is 0 Å². The van der Waals surface area contributed by atoms with Crippen molar-refractivity contribution in [2.45, 2.75) is 45.3 Å². The number of hydrogen-bond acceptors (Lipinski definition) is 4.